The second-order valence-electron chi connectivity index (χ2n) is 2.81. The molecule has 1 amide bonds. The van der Waals surface area contributed by atoms with E-state index in [0.717, 1.165) is 11.3 Å². The molecule has 4 heteroatoms. The topological polar surface area (TPSA) is 58.6 Å². The van der Waals surface area contributed by atoms with E-state index in [0.29, 0.717) is 6.61 Å². The first-order chi connectivity index (χ1) is 7.26. The van der Waals surface area contributed by atoms with Gasteiger partial charge in [0.25, 0.3) is 5.91 Å². The first-order valence-corrected chi connectivity index (χ1v) is 4.61. The molecular formula is C11H13NO3. The number of benzene rings is 1. The highest BCUT2D eigenvalue weighted by Gasteiger charge is 1.93. The van der Waals surface area contributed by atoms with Crippen LogP contribution in [0.5, 0.6) is 5.75 Å². The van der Waals surface area contributed by atoms with Gasteiger partial charge in [0.1, 0.15) is 5.75 Å². The van der Waals surface area contributed by atoms with E-state index in [1.807, 2.05) is 31.2 Å². The summed E-state index contributed by atoms with van der Waals surface area (Å²) < 4.78 is 5.26. The molecule has 0 saturated carbocycles. The van der Waals surface area contributed by atoms with Gasteiger partial charge in [-0.05, 0) is 30.7 Å². The van der Waals surface area contributed by atoms with E-state index in [1.54, 1.807) is 6.08 Å². The van der Waals surface area contributed by atoms with Crippen molar-refractivity contribution < 1.29 is 14.7 Å². The van der Waals surface area contributed by atoms with E-state index in [2.05, 4.69) is 0 Å². The minimum atomic E-state index is -0.552. The van der Waals surface area contributed by atoms with Crippen molar-refractivity contribution in [2.45, 2.75) is 6.92 Å². The Kier molecular flexibility index (Phi) is 4.37. The minimum absolute atomic E-state index is 0.552. The van der Waals surface area contributed by atoms with Gasteiger partial charge in [0, 0.05) is 6.08 Å². The van der Waals surface area contributed by atoms with Crippen LogP contribution in [0, 0.1) is 0 Å². The highest BCUT2D eigenvalue weighted by Crippen LogP contribution is 2.12. The Hall–Kier alpha value is -1.81. The van der Waals surface area contributed by atoms with E-state index >= 15 is 0 Å². The fourth-order valence-corrected chi connectivity index (χ4v) is 1.05. The molecule has 0 aliphatic carbocycles. The van der Waals surface area contributed by atoms with Crippen LogP contribution in [0.15, 0.2) is 30.3 Å². The maximum atomic E-state index is 10.7. The van der Waals surface area contributed by atoms with Crippen molar-refractivity contribution in [3.63, 3.8) is 0 Å². The first kappa shape index (κ1) is 11.3. The monoisotopic (exact) mass is 207 g/mol. The second kappa shape index (κ2) is 5.82. The Morgan fingerprint density at radius 3 is 2.67 bits per heavy atom. The summed E-state index contributed by atoms with van der Waals surface area (Å²) in [5.41, 5.74) is 2.38. The molecule has 0 atom stereocenters. The molecule has 4 nitrogen and oxygen atoms in total. The van der Waals surface area contributed by atoms with Gasteiger partial charge >= 0.3 is 0 Å². The summed E-state index contributed by atoms with van der Waals surface area (Å²) in [4.78, 5) is 10.7. The van der Waals surface area contributed by atoms with E-state index in [9.17, 15) is 4.79 Å². The van der Waals surface area contributed by atoms with E-state index in [-0.39, 0.29) is 0 Å². The molecule has 0 radical (unpaired) electrons. The molecule has 15 heavy (non-hydrogen) atoms. The van der Waals surface area contributed by atoms with Crippen molar-refractivity contribution in [2.75, 3.05) is 6.61 Å². The zero-order valence-electron chi connectivity index (χ0n) is 8.43. The van der Waals surface area contributed by atoms with Gasteiger partial charge < -0.3 is 4.74 Å². The molecule has 0 fully saturated rings. The molecule has 2 N–H and O–H groups in total. The van der Waals surface area contributed by atoms with Crippen LogP contribution in [0.1, 0.15) is 12.5 Å². The molecule has 1 aromatic carbocycles. The molecule has 0 aliphatic rings. The Bertz CT molecular complexity index is 343. The fourth-order valence-electron chi connectivity index (χ4n) is 1.05. The number of nitrogens with one attached hydrogen (secondary N) is 1. The Morgan fingerprint density at radius 1 is 1.47 bits per heavy atom. The Balaban J connectivity index is 2.64. The molecule has 0 spiro atoms. The van der Waals surface area contributed by atoms with E-state index in [1.165, 1.54) is 11.6 Å². The highest BCUT2D eigenvalue weighted by molar-refractivity contribution is 5.90. The van der Waals surface area contributed by atoms with Gasteiger partial charge in [0.05, 0.1) is 6.61 Å². The number of carbonyl (C=O) groups excluding carboxylic acids is 1. The number of carbonyl (C=O) groups is 1. The third kappa shape index (κ3) is 3.83. The lowest BCUT2D eigenvalue weighted by atomic mass is 10.2. The van der Waals surface area contributed by atoms with Crippen molar-refractivity contribution in [1.82, 2.24) is 5.48 Å². The van der Waals surface area contributed by atoms with Crippen LogP contribution in [-0.2, 0) is 4.79 Å². The summed E-state index contributed by atoms with van der Waals surface area (Å²) in [5, 5.41) is 8.26. The smallest absolute Gasteiger partial charge is 0.267 e. The summed E-state index contributed by atoms with van der Waals surface area (Å²) in [6.45, 7) is 2.54. The standard InChI is InChI=1S/C11H13NO3/c1-2-15-10-6-3-9(4-7-10)5-8-11(13)12-14/h3-8,14H,2H2,1H3,(H,12,13). The molecular weight excluding hydrogens is 194 g/mol. The number of amides is 1. The maximum absolute atomic E-state index is 10.7. The minimum Gasteiger partial charge on any atom is -0.494 e. The van der Waals surface area contributed by atoms with Crippen molar-refractivity contribution >= 4 is 12.0 Å². The Morgan fingerprint density at radius 2 is 2.13 bits per heavy atom. The molecule has 0 aliphatic heterocycles. The quantitative estimate of drug-likeness (QED) is 0.448. The van der Waals surface area contributed by atoms with E-state index in [4.69, 9.17) is 9.94 Å². The number of ether oxygens (including phenoxy) is 1. The Labute approximate surface area is 88.1 Å². The second-order valence-corrected chi connectivity index (χ2v) is 2.81. The average Bonchev–Trinajstić information content (AvgIpc) is 2.28. The lowest BCUT2D eigenvalue weighted by molar-refractivity contribution is -0.124. The molecule has 1 aromatic rings. The number of hydrogen-bond donors (Lipinski definition) is 2. The molecule has 1 rings (SSSR count). The van der Waals surface area contributed by atoms with E-state index < -0.39 is 5.91 Å². The largest absolute Gasteiger partial charge is 0.494 e. The van der Waals surface area contributed by atoms with Gasteiger partial charge in [-0.3, -0.25) is 10.0 Å². The van der Waals surface area contributed by atoms with Crippen LogP contribution in [0.4, 0.5) is 0 Å². The predicted octanol–water partition coefficient (Wildman–Crippen LogP) is 1.60. The SMILES string of the molecule is CCOc1ccc(C=CC(=O)NO)cc1. The third-order valence-corrected chi connectivity index (χ3v) is 1.73. The van der Waals surface area contributed by atoms with Gasteiger partial charge in [-0.1, -0.05) is 12.1 Å². The van der Waals surface area contributed by atoms with Gasteiger partial charge in [-0.2, -0.15) is 0 Å². The molecule has 0 heterocycles. The predicted molar refractivity (Wildman–Crippen MR) is 56.6 cm³/mol. The number of hydroxylamine groups is 1. The lowest BCUT2D eigenvalue weighted by Gasteiger charge is -2.01. The first-order valence-electron chi connectivity index (χ1n) is 4.61. The number of hydrogen-bond acceptors (Lipinski definition) is 3. The van der Waals surface area contributed by atoms with Gasteiger partial charge in [0.2, 0.25) is 0 Å². The lowest BCUT2D eigenvalue weighted by Crippen LogP contribution is -2.14. The summed E-state index contributed by atoms with van der Waals surface area (Å²) >= 11 is 0. The van der Waals surface area contributed by atoms with Crippen LogP contribution < -0.4 is 10.2 Å². The van der Waals surface area contributed by atoms with Crippen LogP contribution in [0.25, 0.3) is 6.08 Å². The summed E-state index contributed by atoms with van der Waals surface area (Å²) in [6.07, 6.45) is 2.84. The van der Waals surface area contributed by atoms with Crippen LogP contribution >= 0.6 is 0 Å². The summed E-state index contributed by atoms with van der Waals surface area (Å²) in [6, 6.07) is 7.29. The fraction of sp³-hybridized carbons (Fsp3) is 0.182. The van der Waals surface area contributed by atoms with Crippen molar-refractivity contribution in [3.05, 3.63) is 35.9 Å². The van der Waals surface area contributed by atoms with Crippen molar-refractivity contribution in [3.8, 4) is 5.75 Å². The normalized spacial score (nSPS) is 10.3. The van der Waals surface area contributed by atoms with Gasteiger partial charge in [-0.15, -0.1) is 0 Å². The molecule has 0 aromatic heterocycles. The maximum Gasteiger partial charge on any atom is 0.267 e. The molecule has 0 bridgehead atoms. The van der Waals surface area contributed by atoms with Crippen molar-refractivity contribution in [2.24, 2.45) is 0 Å². The van der Waals surface area contributed by atoms with Crippen LogP contribution in [0.2, 0.25) is 0 Å². The average molecular weight is 207 g/mol. The number of rotatable bonds is 4. The van der Waals surface area contributed by atoms with Gasteiger partial charge in [-0.25, -0.2) is 5.48 Å². The summed E-state index contributed by atoms with van der Waals surface area (Å²) in [5.74, 6) is 0.241. The van der Waals surface area contributed by atoms with Gasteiger partial charge in [0.15, 0.2) is 0 Å². The summed E-state index contributed by atoms with van der Waals surface area (Å²) in [7, 11) is 0. The highest BCUT2D eigenvalue weighted by atomic mass is 16.5. The molecule has 0 unspecified atom stereocenters. The molecule has 0 saturated heterocycles. The van der Waals surface area contributed by atoms with Crippen LogP contribution in [0.3, 0.4) is 0 Å². The van der Waals surface area contributed by atoms with Crippen molar-refractivity contribution in [1.29, 1.82) is 0 Å². The zero-order chi connectivity index (χ0) is 11.1. The third-order valence-electron chi connectivity index (χ3n) is 1.73. The van der Waals surface area contributed by atoms with Crippen LogP contribution in [-0.4, -0.2) is 17.7 Å². The zero-order valence-corrected chi connectivity index (χ0v) is 8.43. The molecule has 80 valence electrons.